The monoisotopic (exact) mass is 185 g/mol. The highest BCUT2D eigenvalue weighted by atomic mass is 16.6. The van der Waals surface area contributed by atoms with Gasteiger partial charge in [0.2, 0.25) is 0 Å². The SMILES string of the molecule is O=[N+]([O-])c1ccccc1.OB(O)O. The third-order valence-electron chi connectivity index (χ3n) is 0.967. The predicted octanol–water partition coefficient (Wildman–Crippen LogP) is -0.457. The van der Waals surface area contributed by atoms with Crippen LogP contribution in [0.4, 0.5) is 5.69 Å². The van der Waals surface area contributed by atoms with E-state index in [-0.39, 0.29) is 5.69 Å². The second-order valence-electron chi connectivity index (χ2n) is 1.94. The highest BCUT2D eigenvalue weighted by Crippen LogP contribution is 2.06. The standard InChI is InChI=1S/C6H5NO2.BH3O3/c8-7(9)6-4-2-1-3-5-6;2-1(3)4/h1-5H;2-4H. The van der Waals surface area contributed by atoms with E-state index >= 15 is 0 Å². The fraction of sp³-hybridized carbons (Fsp3) is 0. The molecule has 0 aliphatic heterocycles. The first kappa shape index (κ1) is 11.6. The summed E-state index contributed by atoms with van der Waals surface area (Å²) < 4.78 is 0. The summed E-state index contributed by atoms with van der Waals surface area (Å²) in [6, 6.07) is 7.93. The molecule has 0 fully saturated rings. The van der Waals surface area contributed by atoms with Crippen LogP contribution in [0.3, 0.4) is 0 Å². The van der Waals surface area contributed by atoms with Gasteiger partial charge < -0.3 is 15.1 Å². The molecule has 0 aliphatic rings. The summed E-state index contributed by atoms with van der Waals surface area (Å²) in [5.41, 5.74) is 0.137. The molecule has 0 spiro atoms. The number of hydrogen-bond acceptors (Lipinski definition) is 5. The molecule has 0 atom stereocenters. The highest BCUT2D eigenvalue weighted by Gasteiger charge is 1.98. The van der Waals surface area contributed by atoms with Crippen LogP contribution in [0.2, 0.25) is 0 Å². The maximum atomic E-state index is 10.0. The molecule has 1 aromatic carbocycles. The Morgan fingerprint density at radius 2 is 1.54 bits per heavy atom. The fourth-order valence-electron chi connectivity index (χ4n) is 0.550. The van der Waals surface area contributed by atoms with Gasteiger partial charge in [-0.05, 0) is 0 Å². The van der Waals surface area contributed by atoms with Crippen molar-refractivity contribution in [2.45, 2.75) is 0 Å². The maximum absolute atomic E-state index is 10.0. The minimum absolute atomic E-state index is 0.137. The average molecular weight is 185 g/mol. The summed E-state index contributed by atoms with van der Waals surface area (Å²) in [6.07, 6.45) is 0. The third kappa shape index (κ3) is 6.94. The number of nitro groups is 1. The highest BCUT2D eigenvalue weighted by molar-refractivity contribution is 6.30. The molecule has 6 nitrogen and oxygen atoms in total. The Kier molecular flexibility index (Phi) is 5.45. The van der Waals surface area contributed by atoms with Crippen molar-refractivity contribution in [1.29, 1.82) is 0 Å². The Morgan fingerprint density at radius 3 is 1.77 bits per heavy atom. The smallest absolute Gasteiger partial charge is 0.402 e. The summed E-state index contributed by atoms with van der Waals surface area (Å²) in [5, 5.41) is 31.5. The zero-order valence-electron chi connectivity index (χ0n) is 6.57. The van der Waals surface area contributed by atoms with E-state index < -0.39 is 12.2 Å². The Labute approximate surface area is 74.4 Å². The molecule has 3 N–H and O–H groups in total. The maximum Gasteiger partial charge on any atom is 0.631 e. The number of non-ortho nitro benzene ring substituents is 1. The van der Waals surface area contributed by atoms with Crippen molar-refractivity contribution in [3.63, 3.8) is 0 Å². The minimum atomic E-state index is -2.17. The molecular weight excluding hydrogens is 177 g/mol. The van der Waals surface area contributed by atoms with E-state index in [4.69, 9.17) is 15.1 Å². The number of nitrogens with zero attached hydrogens (tertiary/aromatic N) is 1. The Morgan fingerprint density at radius 1 is 1.15 bits per heavy atom. The first-order valence-corrected chi connectivity index (χ1v) is 3.27. The van der Waals surface area contributed by atoms with Crippen LogP contribution in [0.15, 0.2) is 30.3 Å². The molecule has 0 aromatic heterocycles. The van der Waals surface area contributed by atoms with Gasteiger partial charge in [-0.2, -0.15) is 0 Å². The van der Waals surface area contributed by atoms with Gasteiger partial charge in [-0.1, -0.05) is 18.2 Å². The first-order chi connectivity index (χ1) is 6.04. The second kappa shape index (κ2) is 6.12. The van der Waals surface area contributed by atoms with E-state index in [1.807, 2.05) is 0 Å². The Bertz CT molecular complexity index is 250. The topological polar surface area (TPSA) is 104 Å². The van der Waals surface area contributed by atoms with Gasteiger partial charge in [-0.25, -0.2) is 0 Å². The van der Waals surface area contributed by atoms with Crippen molar-refractivity contribution in [3.8, 4) is 0 Å². The first-order valence-electron chi connectivity index (χ1n) is 3.27. The van der Waals surface area contributed by atoms with Gasteiger partial charge in [0.05, 0.1) is 4.92 Å². The van der Waals surface area contributed by atoms with E-state index in [0.29, 0.717) is 0 Å². The van der Waals surface area contributed by atoms with Crippen LogP contribution in [0.1, 0.15) is 0 Å². The van der Waals surface area contributed by atoms with E-state index in [1.54, 1.807) is 18.2 Å². The number of para-hydroxylation sites is 1. The average Bonchev–Trinajstić information content (AvgIpc) is 2.05. The van der Waals surface area contributed by atoms with Crippen molar-refractivity contribution in [1.82, 2.24) is 0 Å². The van der Waals surface area contributed by atoms with E-state index in [9.17, 15) is 10.1 Å². The lowest BCUT2D eigenvalue weighted by Crippen LogP contribution is -2.07. The van der Waals surface area contributed by atoms with Gasteiger partial charge in [-0.15, -0.1) is 0 Å². The zero-order valence-corrected chi connectivity index (χ0v) is 6.57. The number of rotatable bonds is 1. The normalized spacial score (nSPS) is 8.23. The van der Waals surface area contributed by atoms with Crippen LogP contribution in [0.5, 0.6) is 0 Å². The van der Waals surface area contributed by atoms with Crippen LogP contribution in [-0.2, 0) is 0 Å². The van der Waals surface area contributed by atoms with Crippen LogP contribution < -0.4 is 0 Å². The van der Waals surface area contributed by atoms with Crippen molar-refractivity contribution >= 4 is 13.0 Å². The largest absolute Gasteiger partial charge is 0.631 e. The van der Waals surface area contributed by atoms with Crippen LogP contribution in [-0.4, -0.2) is 27.3 Å². The van der Waals surface area contributed by atoms with E-state index in [1.165, 1.54) is 12.1 Å². The summed E-state index contributed by atoms with van der Waals surface area (Å²) in [5.74, 6) is 0. The van der Waals surface area contributed by atoms with Gasteiger partial charge in [0.1, 0.15) is 0 Å². The summed E-state index contributed by atoms with van der Waals surface area (Å²) in [7, 11) is -2.17. The molecular formula is C6H8BNO5. The van der Waals surface area contributed by atoms with Crippen molar-refractivity contribution in [2.24, 2.45) is 0 Å². The number of nitro benzene ring substituents is 1. The fourth-order valence-corrected chi connectivity index (χ4v) is 0.550. The quantitative estimate of drug-likeness (QED) is 0.312. The molecule has 1 aromatic rings. The number of benzene rings is 1. The molecule has 0 unspecified atom stereocenters. The van der Waals surface area contributed by atoms with Crippen molar-refractivity contribution in [2.75, 3.05) is 0 Å². The van der Waals surface area contributed by atoms with E-state index in [0.717, 1.165) is 0 Å². The second-order valence-corrected chi connectivity index (χ2v) is 1.94. The van der Waals surface area contributed by atoms with Crippen molar-refractivity contribution < 1.29 is 20.0 Å². The number of hydrogen-bond donors (Lipinski definition) is 3. The molecule has 0 aliphatic carbocycles. The third-order valence-corrected chi connectivity index (χ3v) is 0.967. The van der Waals surface area contributed by atoms with Gasteiger partial charge in [0.25, 0.3) is 5.69 Å². The lowest BCUT2D eigenvalue weighted by molar-refractivity contribution is -0.384. The van der Waals surface area contributed by atoms with E-state index in [2.05, 4.69) is 0 Å². The zero-order chi connectivity index (χ0) is 10.3. The van der Waals surface area contributed by atoms with Crippen LogP contribution in [0, 0.1) is 10.1 Å². The molecule has 70 valence electrons. The lowest BCUT2D eigenvalue weighted by atomic mass is 10.3. The van der Waals surface area contributed by atoms with Crippen LogP contribution in [0.25, 0.3) is 0 Å². The van der Waals surface area contributed by atoms with Crippen LogP contribution >= 0.6 is 0 Å². The lowest BCUT2D eigenvalue weighted by Gasteiger charge is -1.85. The summed E-state index contributed by atoms with van der Waals surface area (Å²) in [4.78, 5) is 9.59. The van der Waals surface area contributed by atoms with Gasteiger partial charge in [0, 0.05) is 12.1 Å². The molecule has 1 rings (SSSR count). The van der Waals surface area contributed by atoms with Crippen molar-refractivity contribution in [3.05, 3.63) is 40.4 Å². The molecule has 13 heavy (non-hydrogen) atoms. The molecule has 0 amide bonds. The molecule has 0 radical (unpaired) electrons. The molecule has 0 bridgehead atoms. The molecule has 0 heterocycles. The minimum Gasteiger partial charge on any atom is -0.402 e. The Balaban J connectivity index is 0.000000310. The molecule has 0 saturated carbocycles. The summed E-state index contributed by atoms with van der Waals surface area (Å²) in [6.45, 7) is 0. The molecule has 7 heteroatoms. The van der Waals surface area contributed by atoms with Gasteiger partial charge in [0.15, 0.2) is 0 Å². The van der Waals surface area contributed by atoms with Gasteiger partial charge >= 0.3 is 7.32 Å². The molecule has 0 saturated heterocycles. The summed E-state index contributed by atoms with van der Waals surface area (Å²) >= 11 is 0. The van der Waals surface area contributed by atoms with Gasteiger partial charge in [-0.3, -0.25) is 10.1 Å². The Hall–Kier alpha value is -1.44. The predicted molar refractivity (Wildman–Crippen MR) is 45.5 cm³/mol.